The highest BCUT2D eigenvalue weighted by Crippen LogP contribution is 2.43. The van der Waals surface area contributed by atoms with E-state index in [2.05, 4.69) is 39.7 Å². The Kier molecular flexibility index (Phi) is 11.2. The maximum absolute atomic E-state index is 13.0. The molecule has 0 bridgehead atoms. The number of aliphatic hydroxyl groups excluding tert-OH is 1. The molecule has 268 valence electrons. The molecule has 53 heavy (non-hydrogen) atoms. The topological polar surface area (TPSA) is 123 Å². The fraction of sp³-hybridized carbons (Fsp3) is 0.209. The van der Waals surface area contributed by atoms with E-state index in [-0.39, 0.29) is 42.2 Å². The predicted molar refractivity (Wildman–Crippen MR) is 207 cm³/mol. The van der Waals surface area contributed by atoms with Crippen LogP contribution in [0.4, 0.5) is 5.69 Å². The van der Waals surface area contributed by atoms with Crippen LogP contribution in [0, 0.1) is 5.92 Å². The molecule has 2 heterocycles. The van der Waals surface area contributed by atoms with Crippen LogP contribution in [0.3, 0.4) is 0 Å². The lowest BCUT2D eigenvalue weighted by molar-refractivity contribution is -0.268. The smallest absolute Gasteiger partial charge is 0.271 e. The highest BCUT2D eigenvalue weighted by atomic mass is 32.2. The number of fused-ring (bicyclic) bond motifs is 1. The minimum absolute atomic E-state index is 0.0198. The van der Waals surface area contributed by atoms with Crippen molar-refractivity contribution in [3.8, 4) is 11.1 Å². The number of aromatic nitrogens is 2. The zero-order chi connectivity index (χ0) is 36.7. The van der Waals surface area contributed by atoms with Gasteiger partial charge in [-0.2, -0.15) is 0 Å². The molecule has 7 rings (SSSR count). The van der Waals surface area contributed by atoms with E-state index in [1.165, 1.54) is 13.1 Å². The van der Waals surface area contributed by atoms with E-state index in [0.717, 1.165) is 49.5 Å². The van der Waals surface area contributed by atoms with Gasteiger partial charge in [0.25, 0.3) is 5.91 Å². The van der Waals surface area contributed by atoms with Crippen molar-refractivity contribution in [2.75, 3.05) is 11.1 Å². The zero-order valence-corrected chi connectivity index (χ0v) is 30.3. The Bertz CT molecular complexity index is 2200. The normalized spacial score (nSPS) is 18.4. The number of carbonyl (C=O) groups excluding carboxylic acids is 2. The van der Waals surface area contributed by atoms with Gasteiger partial charge in [-0.1, -0.05) is 91.9 Å². The Morgan fingerprint density at radius 2 is 1.51 bits per heavy atom. The van der Waals surface area contributed by atoms with E-state index in [9.17, 15) is 14.7 Å². The van der Waals surface area contributed by atoms with Crippen LogP contribution in [-0.2, 0) is 27.4 Å². The van der Waals surface area contributed by atoms with Gasteiger partial charge in [0.2, 0.25) is 5.91 Å². The standard InChI is InChI=1S/C43H40N4O5S/c1-27-40(26-53-35-21-19-34(20-22-35)46-28(2)49)51-43(52-41(27)31-13-11-29(25-48)12-14-31)32-17-15-30(16-18-32)36-8-4-3-7-33(36)23-45-42(50)39-24-44-37-9-5-6-10-38(37)47-39/h3-22,24,27,40-41,43,48H,23,25-26H2,1-2H3,(H,45,50)(H,46,49)/t27-,40+,41+,43+/m1/s1. The summed E-state index contributed by atoms with van der Waals surface area (Å²) in [7, 11) is 0. The summed E-state index contributed by atoms with van der Waals surface area (Å²) in [6, 6.07) is 39.4. The van der Waals surface area contributed by atoms with Gasteiger partial charge in [-0.25, -0.2) is 4.98 Å². The largest absolute Gasteiger partial charge is 0.392 e. The summed E-state index contributed by atoms with van der Waals surface area (Å²) in [5.41, 5.74) is 8.18. The Hall–Kier alpha value is -5.39. The van der Waals surface area contributed by atoms with E-state index in [1.54, 1.807) is 11.8 Å². The third-order valence-electron chi connectivity index (χ3n) is 9.34. The van der Waals surface area contributed by atoms with Gasteiger partial charge in [-0.05, 0) is 64.2 Å². The summed E-state index contributed by atoms with van der Waals surface area (Å²) in [4.78, 5) is 34.4. The van der Waals surface area contributed by atoms with Gasteiger partial charge in [0.05, 0.1) is 36.0 Å². The molecule has 1 aromatic heterocycles. The van der Waals surface area contributed by atoms with Crippen LogP contribution in [-0.4, -0.2) is 38.7 Å². The minimum atomic E-state index is -0.604. The molecule has 1 aliphatic rings. The van der Waals surface area contributed by atoms with Gasteiger partial charge in [-0.15, -0.1) is 11.8 Å². The van der Waals surface area contributed by atoms with Gasteiger partial charge in [-0.3, -0.25) is 14.6 Å². The van der Waals surface area contributed by atoms with Crippen molar-refractivity contribution in [3.05, 3.63) is 155 Å². The maximum atomic E-state index is 13.0. The number of rotatable bonds is 11. The molecule has 1 saturated heterocycles. The molecule has 0 aliphatic carbocycles. The number of nitrogens with one attached hydrogen (secondary N) is 2. The number of benzene rings is 5. The fourth-order valence-electron chi connectivity index (χ4n) is 6.43. The van der Waals surface area contributed by atoms with Crippen LogP contribution >= 0.6 is 11.8 Å². The minimum Gasteiger partial charge on any atom is -0.392 e. The van der Waals surface area contributed by atoms with E-state index in [4.69, 9.17) is 9.47 Å². The second kappa shape index (κ2) is 16.5. The molecular weight excluding hydrogens is 685 g/mol. The van der Waals surface area contributed by atoms with Crippen molar-refractivity contribution in [1.82, 2.24) is 15.3 Å². The number of carbonyl (C=O) groups is 2. The molecule has 9 nitrogen and oxygen atoms in total. The lowest BCUT2D eigenvalue weighted by Gasteiger charge is -2.41. The first-order valence-electron chi connectivity index (χ1n) is 17.5. The van der Waals surface area contributed by atoms with Gasteiger partial charge in [0, 0.05) is 41.3 Å². The Labute approximate surface area is 312 Å². The van der Waals surface area contributed by atoms with Crippen LogP contribution in [0.2, 0.25) is 0 Å². The monoisotopic (exact) mass is 724 g/mol. The highest BCUT2D eigenvalue weighted by molar-refractivity contribution is 7.99. The number of hydrogen-bond acceptors (Lipinski definition) is 8. The molecular formula is C43H40N4O5S. The van der Waals surface area contributed by atoms with Crippen LogP contribution in [0.1, 0.15) is 59.0 Å². The van der Waals surface area contributed by atoms with E-state index in [0.29, 0.717) is 17.8 Å². The first-order chi connectivity index (χ1) is 25.8. The number of hydrogen-bond donors (Lipinski definition) is 3. The maximum Gasteiger partial charge on any atom is 0.271 e. The number of nitrogens with zero attached hydrogens (tertiary/aromatic N) is 2. The summed E-state index contributed by atoms with van der Waals surface area (Å²) >= 11 is 1.70. The lowest BCUT2D eigenvalue weighted by Crippen LogP contribution is -2.38. The average molecular weight is 725 g/mol. The fourth-order valence-corrected chi connectivity index (χ4v) is 7.50. The average Bonchev–Trinajstić information content (AvgIpc) is 3.20. The first-order valence-corrected chi connectivity index (χ1v) is 18.5. The van der Waals surface area contributed by atoms with Crippen LogP contribution in [0.15, 0.2) is 132 Å². The summed E-state index contributed by atoms with van der Waals surface area (Å²) in [6.45, 7) is 3.95. The van der Waals surface area contributed by atoms with Crippen molar-refractivity contribution in [2.24, 2.45) is 5.92 Å². The van der Waals surface area contributed by atoms with Crippen molar-refractivity contribution in [2.45, 2.75) is 50.4 Å². The number of thioether (sulfide) groups is 1. The van der Waals surface area contributed by atoms with Gasteiger partial charge in [0.15, 0.2) is 6.29 Å². The SMILES string of the molecule is CC(=O)Nc1ccc(SC[C@@H]2O[C@H](c3ccc(-c4ccccc4CNC(=O)c4cnc5ccccc5n4)cc3)O[C@H](c3ccc(CO)cc3)[C@@H]2C)cc1. The Morgan fingerprint density at radius 3 is 2.25 bits per heavy atom. The van der Waals surface area contributed by atoms with Crippen molar-refractivity contribution < 1.29 is 24.2 Å². The molecule has 1 fully saturated rings. The highest BCUT2D eigenvalue weighted by Gasteiger charge is 2.38. The quantitative estimate of drug-likeness (QED) is 0.114. The van der Waals surface area contributed by atoms with Gasteiger partial charge >= 0.3 is 0 Å². The van der Waals surface area contributed by atoms with E-state index >= 15 is 0 Å². The third kappa shape index (κ3) is 8.64. The molecule has 0 spiro atoms. The molecule has 6 aromatic rings. The number of anilines is 1. The molecule has 1 aliphatic heterocycles. The molecule has 0 radical (unpaired) electrons. The number of amides is 2. The first kappa shape index (κ1) is 36.0. The summed E-state index contributed by atoms with van der Waals surface area (Å²) in [5, 5.41) is 15.4. The van der Waals surface area contributed by atoms with Crippen LogP contribution in [0.25, 0.3) is 22.2 Å². The molecule has 2 amide bonds. The molecule has 10 heteroatoms. The third-order valence-corrected chi connectivity index (χ3v) is 10.4. The number of aliphatic hydroxyl groups is 1. The summed E-state index contributed by atoms with van der Waals surface area (Å²) in [6.07, 6.45) is 0.536. The zero-order valence-electron chi connectivity index (χ0n) is 29.4. The van der Waals surface area contributed by atoms with Crippen molar-refractivity contribution in [3.63, 3.8) is 0 Å². The molecule has 0 saturated carbocycles. The summed E-state index contributed by atoms with van der Waals surface area (Å²) in [5.74, 6) is 0.352. The predicted octanol–water partition coefficient (Wildman–Crippen LogP) is 8.26. The Balaban J connectivity index is 1.07. The van der Waals surface area contributed by atoms with Crippen molar-refractivity contribution >= 4 is 40.3 Å². The second-order valence-electron chi connectivity index (χ2n) is 13.0. The Morgan fingerprint density at radius 1 is 0.811 bits per heavy atom. The van der Waals surface area contributed by atoms with Crippen LogP contribution in [0.5, 0.6) is 0 Å². The van der Waals surface area contributed by atoms with Crippen LogP contribution < -0.4 is 10.6 Å². The molecule has 5 aromatic carbocycles. The molecule has 0 unspecified atom stereocenters. The number of ether oxygens (including phenoxy) is 2. The molecule has 3 N–H and O–H groups in total. The number of para-hydroxylation sites is 2. The lowest BCUT2D eigenvalue weighted by atomic mass is 9.91. The van der Waals surface area contributed by atoms with E-state index in [1.807, 2.05) is 109 Å². The second-order valence-corrected chi connectivity index (χ2v) is 14.1. The van der Waals surface area contributed by atoms with Gasteiger partial charge in [0.1, 0.15) is 5.69 Å². The summed E-state index contributed by atoms with van der Waals surface area (Å²) < 4.78 is 13.4. The van der Waals surface area contributed by atoms with E-state index < -0.39 is 6.29 Å². The van der Waals surface area contributed by atoms with Gasteiger partial charge < -0.3 is 25.2 Å². The van der Waals surface area contributed by atoms with Crippen molar-refractivity contribution in [1.29, 1.82) is 0 Å². The molecule has 4 atom stereocenters.